The lowest BCUT2D eigenvalue weighted by Gasteiger charge is -2.25. The third-order valence-electron chi connectivity index (χ3n) is 5.46. The standard InChI is InChI=1S/C26H31NO5/c1-4-5-6-15-27-23(18-7-11-20(28)12-8-18)22(25(30)26(27)31)24(29)19-9-13-21(14-10-19)32-16-17(2)3/h7-14,17,23,28-29H,4-6,15-16H2,1-3H3/b24-22-. The van der Waals surface area contributed by atoms with Gasteiger partial charge in [-0.05, 0) is 54.3 Å². The number of amides is 1. The molecule has 1 aliphatic heterocycles. The van der Waals surface area contributed by atoms with E-state index in [1.807, 2.05) is 0 Å². The summed E-state index contributed by atoms with van der Waals surface area (Å²) in [5.74, 6) is -0.374. The van der Waals surface area contributed by atoms with Crippen molar-refractivity contribution >= 4 is 17.4 Å². The molecule has 0 saturated carbocycles. The molecule has 0 radical (unpaired) electrons. The Morgan fingerprint density at radius 2 is 1.69 bits per heavy atom. The van der Waals surface area contributed by atoms with Crippen LogP contribution in [-0.4, -0.2) is 40.0 Å². The third kappa shape index (κ3) is 5.13. The van der Waals surface area contributed by atoms with Crippen molar-refractivity contribution in [2.75, 3.05) is 13.2 Å². The Hall–Kier alpha value is -3.28. The minimum absolute atomic E-state index is 0.0630. The summed E-state index contributed by atoms with van der Waals surface area (Å²) in [7, 11) is 0. The van der Waals surface area contributed by atoms with E-state index in [0.29, 0.717) is 35.9 Å². The summed E-state index contributed by atoms with van der Waals surface area (Å²) in [6.07, 6.45) is 2.68. The average molecular weight is 438 g/mol. The molecule has 1 atom stereocenters. The van der Waals surface area contributed by atoms with Gasteiger partial charge < -0.3 is 19.8 Å². The number of ketones is 1. The van der Waals surface area contributed by atoms with Gasteiger partial charge in [0.1, 0.15) is 17.3 Å². The summed E-state index contributed by atoms with van der Waals surface area (Å²) in [6.45, 7) is 7.18. The van der Waals surface area contributed by atoms with Gasteiger partial charge in [-0.15, -0.1) is 0 Å². The molecule has 32 heavy (non-hydrogen) atoms. The van der Waals surface area contributed by atoms with E-state index in [1.54, 1.807) is 36.4 Å². The van der Waals surface area contributed by atoms with Gasteiger partial charge in [0.2, 0.25) is 0 Å². The maximum atomic E-state index is 13.0. The molecule has 1 unspecified atom stereocenters. The number of hydrogen-bond donors (Lipinski definition) is 2. The number of hydrogen-bond acceptors (Lipinski definition) is 5. The smallest absolute Gasteiger partial charge is 0.295 e. The van der Waals surface area contributed by atoms with Crippen molar-refractivity contribution in [3.63, 3.8) is 0 Å². The van der Waals surface area contributed by atoms with Gasteiger partial charge in [-0.1, -0.05) is 45.7 Å². The van der Waals surface area contributed by atoms with E-state index in [-0.39, 0.29) is 17.1 Å². The number of benzene rings is 2. The predicted molar refractivity (Wildman–Crippen MR) is 123 cm³/mol. The lowest BCUT2D eigenvalue weighted by atomic mass is 9.95. The zero-order valence-electron chi connectivity index (χ0n) is 18.9. The maximum Gasteiger partial charge on any atom is 0.295 e. The maximum absolute atomic E-state index is 13.0. The highest BCUT2D eigenvalue weighted by Gasteiger charge is 2.45. The first-order valence-corrected chi connectivity index (χ1v) is 11.1. The minimum atomic E-state index is -0.704. The van der Waals surface area contributed by atoms with E-state index >= 15 is 0 Å². The van der Waals surface area contributed by atoms with Crippen LogP contribution in [0, 0.1) is 5.92 Å². The third-order valence-corrected chi connectivity index (χ3v) is 5.46. The summed E-state index contributed by atoms with van der Waals surface area (Å²) in [5, 5.41) is 20.8. The number of phenols is 1. The SMILES string of the molecule is CCCCCN1C(=O)C(=O)/C(=C(\O)c2ccc(OCC(C)C)cc2)C1c1ccc(O)cc1. The number of carbonyl (C=O) groups excluding carboxylic acids is 2. The van der Waals surface area contributed by atoms with Gasteiger partial charge in [0.25, 0.3) is 11.7 Å². The van der Waals surface area contributed by atoms with Gasteiger partial charge in [0, 0.05) is 12.1 Å². The number of nitrogens with zero attached hydrogens (tertiary/aromatic N) is 1. The molecule has 0 bridgehead atoms. The Balaban J connectivity index is 2.00. The van der Waals surface area contributed by atoms with E-state index in [2.05, 4.69) is 20.8 Å². The van der Waals surface area contributed by atoms with Gasteiger partial charge in [0.15, 0.2) is 0 Å². The number of unbranched alkanes of at least 4 members (excludes halogenated alkanes) is 2. The zero-order valence-corrected chi connectivity index (χ0v) is 18.9. The first kappa shape index (κ1) is 23.4. The highest BCUT2D eigenvalue weighted by Crippen LogP contribution is 2.40. The molecular weight excluding hydrogens is 406 g/mol. The molecule has 170 valence electrons. The number of carbonyl (C=O) groups is 2. The normalized spacial score (nSPS) is 17.9. The quantitative estimate of drug-likeness (QED) is 0.248. The van der Waals surface area contributed by atoms with Crippen LogP contribution in [0.3, 0.4) is 0 Å². The lowest BCUT2D eigenvalue weighted by Crippen LogP contribution is -2.30. The number of likely N-dealkylation sites (tertiary alicyclic amines) is 1. The van der Waals surface area contributed by atoms with Crippen molar-refractivity contribution in [1.82, 2.24) is 4.90 Å². The summed E-state index contributed by atoms with van der Waals surface area (Å²) < 4.78 is 5.69. The average Bonchev–Trinajstić information content (AvgIpc) is 3.03. The first-order chi connectivity index (χ1) is 15.3. The Bertz CT molecular complexity index is 976. The number of aliphatic hydroxyl groups excluding tert-OH is 1. The van der Waals surface area contributed by atoms with Crippen LogP contribution in [0.4, 0.5) is 0 Å². The summed E-state index contributed by atoms with van der Waals surface area (Å²) in [6, 6.07) is 12.5. The molecule has 2 aromatic carbocycles. The Labute approximate surface area is 189 Å². The molecule has 1 aliphatic rings. The largest absolute Gasteiger partial charge is 0.508 e. The van der Waals surface area contributed by atoms with Crippen LogP contribution in [0.1, 0.15) is 57.2 Å². The van der Waals surface area contributed by atoms with Crippen molar-refractivity contribution in [2.24, 2.45) is 5.92 Å². The molecule has 2 aromatic rings. The summed E-state index contributed by atoms with van der Waals surface area (Å²) in [5.41, 5.74) is 1.17. The van der Waals surface area contributed by atoms with E-state index < -0.39 is 17.7 Å². The van der Waals surface area contributed by atoms with Crippen LogP contribution < -0.4 is 4.74 Å². The fourth-order valence-electron chi connectivity index (χ4n) is 3.77. The van der Waals surface area contributed by atoms with Crippen LogP contribution in [-0.2, 0) is 9.59 Å². The monoisotopic (exact) mass is 437 g/mol. The van der Waals surface area contributed by atoms with E-state index in [0.717, 1.165) is 19.3 Å². The van der Waals surface area contributed by atoms with Crippen LogP contribution >= 0.6 is 0 Å². The van der Waals surface area contributed by atoms with Crippen molar-refractivity contribution < 1.29 is 24.5 Å². The van der Waals surface area contributed by atoms with Crippen LogP contribution in [0.15, 0.2) is 54.1 Å². The topological polar surface area (TPSA) is 87.1 Å². The van der Waals surface area contributed by atoms with Crippen LogP contribution in [0.2, 0.25) is 0 Å². The second-order valence-corrected chi connectivity index (χ2v) is 8.52. The highest BCUT2D eigenvalue weighted by atomic mass is 16.5. The Morgan fingerprint density at radius 3 is 2.28 bits per heavy atom. The molecule has 0 spiro atoms. The number of aliphatic hydroxyl groups is 1. The van der Waals surface area contributed by atoms with Gasteiger partial charge in [-0.3, -0.25) is 9.59 Å². The molecule has 1 heterocycles. The van der Waals surface area contributed by atoms with Crippen molar-refractivity contribution in [1.29, 1.82) is 0 Å². The van der Waals surface area contributed by atoms with E-state index in [1.165, 1.54) is 17.0 Å². The number of phenolic OH excluding ortho intramolecular Hbond substituents is 1. The summed E-state index contributed by atoms with van der Waals surface area (Å²) in [4.78, 5) is 27.4. The second-order valence-electron chi connectivity index (χ2n) is 8.52. The molecule has 6 nitrogen and oxygen atoms in total. The van der Waals surface area contributed by atoms with E-state index in [4.69, 9.17) is 4.74 Å². The van der Waals surface area contributed by atoms with Crippen LogP contribution in [0.25, 0.3) is 5.76 Å². The molecule has 1 fully saturated rings. The number of Topliss-reactive ketones (excluding diaryl/α,β-unsaturated/α-hetero) is 1. The lowest BCUT2D eigenvalue weighted by molar-refractivity contribution is -0.139. The fraction of sp³-hybridized carbons (Fsp3) is 0.385. The number of ether oxygens (including phenoxy) is 1. The molecule has 0 aliphatic carbocycles. The molecular formula is C26H31NO5. The predicted octanol–water partition coefficient (Wildman–Crippen LogP) is 5.04. The first-order valence-electron chi connectivity index (χ1n) is 11.1. The molecule has 1 amide bonds. The van der Waals surface area contributed by atoms with Gasteiger partial charge in [-0.2, -0.15) is 0 Å². The molecule has 1 saturated heterocycles. The molecule has 0 aromatic heterocycles. The van der Waals surface area contributed by atoms with Crippen LogP contribution in [0.5, 0.6) is 11.5 Å². The second kappa shape index (κ2) is 10.4. The van der Waals surface area contributed by atoms with Crippen molar-refractivity contribution in [2.45, 2.75) is 46.1 Å². The van der Waals surface area contributed by atoms with E-state index in [9.17, 15) is 19.8 Å². The fourth-order valence-corrected chi connectivity index (χ4v) is 3.77. The van der Waals surface area contributed by atoms with Gasteiger partial charge >= 0.3 is 0 Å². The zero-order chi connectivity index (χ0) is 23.3. The van der Waals surface area contributed by atoms with Gasteiger partial charge in [-0.25, -0.2) is 0 Å². The molecule has 6 heteroatoms. The molecule has 3 rings (SSSR count). The Morgan fingerprint density at radius 1 is 1.03 bits per heavy atom. The van der Waals surface area contributed by atoms with Crippen molar-refractivity contribution in [3.05, 3.63) is 65.2 Å². The Kier molecular flexibility index (Phi) is 7.57. The van der Waals surface area contributed by atoms with Gasteiger partial charge in [0.05, 0.1) is 18.2 Å². The molecule has 2 N–H and O–H groups in total. The highest BCUT2D eigenvalue weighted by molar-refractivity contribution is 6.46. The summed E-state index contributed by atoms with van der Waals surface area (Å²) >= 11 is 0. The minimum Gasteiger partial charge on any atom is -0.508 e. The van der Waals surface area contributed by atoms with Crippen molar-refractivity contribution in [3.8, 4) is 11.5 Å². The number of rotatable bonds is 9. The number of aromatic hydroxyl groups is 1.